The van der Waals surface area contributed by atoms with Crippen molar-refractivity contribution >= 4 is 27.5 Å². The van der Waals surface area contributed by atoms with Gasteiger partial charge in [-0.3, -0.25) is 9.35 Å². The number of ether oxygens (including phenoxy) is 1. The number of carboxylic acids is 1. The fraction of sp³-hybridized carbons (Fsp3) is 0.457. The number of para-hydroxylation sites is 2. The zero-order chi connectivity index (χ0) is 31.8. The van der Waals surface area contributed by atoms with E-state index in [9.17, 15) is 17.8 Å². The van der Waals surface area contributed by atoms with Crippen molar-refractivity contribution in [3.63, 3.8) is 0 Å². The van der Waals surface area contributed by atoms with Crippen molar-refractivity contribution in [2.24, 2.45) is 0 Å². The predicted molar refractivity (Wildman–Crippen MR) is 174 cm³/mol. The Morgan fingerprint density at radius 3 is 2.55 bits per heavy atom. The number of aliphatic carboxylic acids is 1. The first-order valence-corrected chi connectivity index (χ1v) is 17.0. The minimum Gasteiger partial charge on any atom is -0.481 e. The van der Waals surface area contributed by atoms with Crippen LogP contribution in [0.4, 0.5) is 11.4 Å². The van der Waals surface area contributed by atoms with Gasteiger partial charge < -0.3 is 19.6 Å². The van der Waals surface area contributed by atoms with Gasteiger partial charge in [-0.05, 0) is 85.2 Å². The molecule has 0 spiro atoms. The molecule has 3 aliphatic rings. The van der Waals surface area contributed by atoms with Gasteiger partial charge in [-0.15, -0.1) is 0 Å². The van der Waals surface area contributed by atoms with E-state index in [0.717, 1.165) is 78.0 Å². The van der Waals surface area contributed by atoms with E-state index in [1.807, 2.05) is 6.92 Å². The smallest absolute Gasteiger partial charge is 0.303 e. The number of carbonyl (C=O) groups is 1. The van der Waals surface area contributed by atoms with E-state index in [4.69, 9.17) is 16.4 Å². The van der Waals surface area contributed by atoms with Crippen LogP contribution in [0.25, 0.3) is 0 Å². The molecule has 0 saturated carbocycles. The van der Waals surface area contributed by atoms with Crippen molar-refractivity contribution in [3.8, 4) is 0 Å². The zero-order valence-corrected chi connectivity index (χ0v) is 27.0. The maximum atomic E-state index is 12.2. The van der Waals surface area contributed by atoms with Crippen LogP contribution in [-0.2, 0) is 25.1 Å². The van der Waals surface area contributed by atoms with Crippen LogP contribution < -0.4 is 9.80 Å². The van der Waals surface area contributed by atoms with Crippen molar-refractivity contribution in [1.29, 1.82) is 0 Å². The Morgan fingerprint density at radius 1 is 1.14 bits per heavy atom. The summed E-state index contributed by atoms with van der Waals surface area (Å²) in [4.78, 5) is 15.6. The van der Waals surface area contributed by atoms with E-state index in [-0.39, 0.29) is 23.5 Å². The van der Waals surface area contributed by atoms with Gasteiger partial charge in [0.05, 0.1) is 28.5 Å². The Hall–Kier alpha value is -3.40. The van der Waals surface area contributed by atoms with Crippen LogP contribution in [0.15, 0.2) is 82.6 Å². The Bertz CT molecular complexity index is 1630. The second-order valence-electron chi connectivity index (χ2n) is 12.5. The van der Waals surface area contributed by atoms with E-state index in [0.29, 0.717) is 12.8 Å². The van der Waals surface area contributed by atoms with Crippen molar-refractivity contribution in [3.05, 3.63) is 88.8 Å². The van der Waals surface area contributed by atoms with Gasteiger partial charge in [0.25, 0.3) is 10.1 Å². The van der Waals surface area contributed by atoms with E-state index in [2.05, 4.69) is 61.0 Å². The molecule has 2 aromatic rings. The summed E-state index contributed by atoms with van der Waals surface area (Å²) in [5.41, 5.74) is 6.28. The number of hydrogen-bond donors (Lipinski definition) is 2. The van der Waals surface area contributed by atoms with E-state index >= 15 is 0 Å². The Labute approximate surface area is 261 Å². The van der Waals surface area contributed by atoms with Gasteiger partial charge >= 0.3 is 5.97 Å². The monoisotopic (exact) mass is 620 g/mol. The van der Waals surface area contributed by atoms with Crippen LogP contribution in [0.3, 0.4) is 0 Å². The minimum absolute atomic E-state index is 0.0435. The Kier molecular flexibility index (Phi) is 9.12. The first-order chi connectivity index (χ1) is 20.9. The maximum Gasteiger partial charge on any atom is 0.303 e. The van der Waals surface area contributed by atoms with Crippen LogP contribution in [0, 0.1) is 6.92 Å². The number of anilines is 2. The van der Waals surface area contributed by atoms with Crippen LogP contribution >= 0.6 is 0 Å². The molecule has 0 aliphatic carbocycles. The molecule has 3 heterocycles. The predicted octanol–water partition coefficient (Wildman–Crippen LogP) is 7.16. The van der Waals surface area contributed by atoms with Gasteiger partial charge in [-0.2, -0.15) is 8.42 Å². The third-order valence-electron chi connectivity index (χ3n) is 9.55. The second-order valence-corrected chi connectivity index (χ2v) is 13.9. The zero-order valence-electron chi connectivity index (χ0n) is 26.2. The summed E-state index contributed by atoms with van der Waals surface area (Å²) in [5, 5.41) is 9.14. The molecule has 0 fully saturated rings. The van der Waals surface area contributed by atoms with Crippen molar-refractivity contribution in [2.45, 2.75) is 94.7 Å². The van der Waals surface area contributed by atoms with Gasteiger partial charge in [0.2, 0.25) is 0 Å². The molecule has 236 valence electrons. The molecular formula is C35H44N2O6S. The second kappa shape index (κ2) is 12.5. The van der Waals surface area contributed by atoms with Crippen LogP contribution in [-0.4, -0.2) is 49.8 Å². The number of fused-ring (bicyclic) bond motifs is 4. The molecule has 3 atom stereocenters. The number of rotatable bonds is 12. The third kappa shape index (κ3) is 5.97. The number of hydrogen-bond acceptors (Lipinski definition) is 6. The Morgan fingerprint density at radius 2 is 1.86 bits per heavy atom. The molecule has 0 radical (unpaired) electrons. The summed E-state index contributed by atoms with van der Waals surface area (Å²) in [6, 6.07) is 13.1. The molecule has 0 bridgehead atoms. The van der Waals surface area contributed by atoms with Gasteiger partial charge in [-0.25, -0.2) is 0 Å². The summed E-state index contributed by atoms with van der Waals surface area (Å²) in [5.74, 6) is 0.299. The SMILES string of the molecule is C=C(C1=CC2=C3N(C)c4ccccc4N3CCC2OC1CCC)C(C)(CCCCCC(=O)O)c1cc(S(=O)(=O)O)ccc1C. The standard InChI is InChI=1S/C35H44N2O6S/c1-6-12-31-26(22-27-32(43-31)18-20-37-30-14-10-9-13-29(30)36(5)34(27)37)24(3)35(4,19-11-7-8-15-33(38)39)28-21-25(44(40,41)42)17-16-23(28)2/h9-10,13-14,16-17,21-22,31-32H,3,6-8,11-12,15,18-20H2,1-2,4-5H3,(H,38,39)(H,40,41,42). The van der Waals surface area contributed by atoms with Crippen molar-refractivity contribution < 1.29 is 27.6 Å². The topological polar surface area (TPSA) is 107 Å². The lowest BCUT2D eigenvalue weighted by molar-refractivity contribution is -0.137. The summed E-state index contributed by atoms with van der Waals surface area (Å²) in [6.07, 6.45) is 7.42. The van der Waals surface area contributed by atoms with E-state index in [1.165, 1.54) is 11.8 Å². The fourth-order valence-corrected chi connectivity index (χ4v) is 7.67. The van der Waals surface area contributed by atoms with Crippen molar-refractivity contribution in [1.82, 2.24) is 0 Å². The molecular weight excluding hydrogens is 576 g/mol. The quantitative estimate of drug-likeness (QED) is 0.190. The lowest BCUT2D eigenvalue weighted by Crippen LogP contribution is -2.43. The molecule has 3 aliphatic heterocycles. The number of aryl methyl sites for hydroxylation is 1. The van der Waals surface area contributed by atoms with Crippen LogP contribution in [0.1, 0.15) is 76.3 Å². The third-order valence-corrected chi connectivity index (χ3v) is 10.4. The van der Waals surface area contributed by atoms with Gasteiger partial charge in [0.15, 0.2) is 0 Å². The normalized spacial score (nSPS) is 20.9. The Balaban J connectivity index is 1.62. The summed E-state index contributed by atoms with van der Waals surface area (Å²) >= 11 is 0. The van der Waals surface area contributed by atoms with Gasteiger partial charge in [-0.1, -0.05) is 57.9 Å². The number of carboxylic acid groups (broad SMARTS) is 1. The molecule has 9 heteroatoms. The van der Waals surface area contributed by atoms with Crippen LogP contribution in [0.5, 0.6) is 0 Å². The highest BCUT2D eigenvalue weighted by Gasteiger charge is 2.43. The summed E-state index contributed by atoms with van der Waals surface area (Å²) in [6.45, 7) is 11.7. The molecule has 2 aromatic carbocycles. The molecule has 8 nitrogen and oxygen atoms in total. The fourth-order valence-electron chi connectivity index (χ4n) is 7.16. The number of unbranched alkanes of at least 4 members (excludes halogenated alkanes) is 2. The molecule has 2 N–H and O–H groups in total. The average Bonchev–Trinajstić information content (AvgIpc) is 3.27. The molecule has 44 heavy (non-hydrogen) atoms. The van der Waals surface area contributed by atoms with Gasteiger partial charge in [0.1, 0.15) is 5.82 Å². The highest BCUT2D eigenvalue weighted by molar-refractivity contribution is 7.85. The van der Waals surface area contributed by atoms with Crippen LogP contribution in [0.2, 0.25) is 0 Å². The molecule has 5 rings (SSSR count). The molecule has 0 saturated heterocycles. The summed E-state index contributed by atoms with van der Waals surface area (Å²) in [7, 11) is -2.33. The minimum atomic E-state index is -4.42. The first kappa shape index (κ1) is 32.0. The van der Waals surface area contributed by atoms with Crippen molar-refractivity contribution in [2.75, 3.05) is 23.4 Å². The van der Waals surface area contributed by atoms with Gasteiger partial charge in [0, 0.05) is 31.0 Å². The largest absolute Gasteiger partial charge is 0.481 e. The highest BCUT2D eigenvalue weighted by atomic mass is 32.2. The summed E-state index contributed by atoms with van der Waals surface area (Å²) < 4.78 is 41.2. The van der Waals surface area contributed by atoms with E-state index in [1.54, 1.807) is 12.1 Å². The highest BCUT2D eigenvalue weighted by Crippen LogP contribution is 2.49. The first-order valence-electron chi connectivity index (χ1n) is 15.6. The molecule has 0 amide bonds. The molecule has 0 aromatic heterocycles. The number of benzene rings is 2. The maximum absolute atomic E-state index is 12.2. The molecule has 3 unspecified atom stereocenters. The lowest BCUT2D eigenvalue weighted by Gasteiger charge is -2.43. The average molecular weight is 621 g/mol. The number of nitrogens with zero attached hydrogens (tertiary/aromatic N) is 2. The lowest BCUT2D eigenvalue weighted by atomic mass is 9.67. The van der Waals surface area contributed by atoms with E-state index < -0.39 is 21.5 Å².